The van der Waals surface area contributed by atoms with Crippen molar-refractivity contribution in [3.8, 4) is 5.75 Å². The van der Waals surface area contributed by atoms with Crippen molar-refractivity contribution in [2.24, 2.45) is 5.92 Å². The zero-order valence-corrected chi connectivity index (χ0v) is 21.0. The maximum atomic E-state index is 14.1. The number of nitrogens with zero attached hydrogens (tertiary/aromatic N) is 2. The molecule has 3 aliphatic heterocycles. The Morgan fingerprint density at radius 3 is 2.38 bits per heavy atom. The van der Waals surface area contributed by atoms with Gasteiger partial charge in [-0.25, -0.2) is 13.2 Å². The fourth-order valence-electron chi connectivity index (χ4n) is 6.17. The SMILES string of the molecule is O=C(NCc1c(F)cc(F)cc1F)c1cn2c(c(OCc3ccccc3)c1=O)C(=O)N1C3CCC(CC3)[C@H]1C2. The van der Waals surface area contributed by atoms with Crippen molar-refractivity contribution < 1.29 is 27.5 Å². The van der Waals surface area contributed by atoms with Crippen molar-refractivity contribution in [2.45, 2.75) is 57.5 Å². The molecule has 1 atom stereocenters. The van der Waals surface area contributed by atoms with E-state index in [-0.39, 0.29) is 41.6 Å². The average molecular weight is 538 g/mol. The Morgan fingerprint density at radius 1 is 1.00 bits per heavy atom. The summed E-state index contributed by atoms with van der Waals surface area (Å²) in [6, 6.07) is 10.2. The van der Waals surface area contributed by atoms with Crippen LogP contribution in [-0.2, 0) is 19.7 Å². The number of nitrogens with one attached hydrogen (secondary N) is 1. The molecule has 202 valence electrons. The van der Waals surface area contributed by atoms with Crippen LogP contribution in [0.25, 0.3) is 0 Å². The van der Waals surface area contributed by atoms with E-state index >= 15 is 0 Å². The van der Waals surface area contributed by atoms with Gasteiger partial charge in [0.1, 0.15) is 29.6 Å². The number of amides is 2. The first-order chi connectivity index (χ1) is 18.8. The number of hydrogen-bond acceptors (Lipinski definition) is 4. The van der Waals surface area contributed by atoms with Crippen LogP contribution in [0.3, 0.4) is 0 Å². The summed E-state index contributed by atoms with van der Waals surface area (Å²) in [6.45, 7) is -0.189. The number of carbonyl (C=O) groups excluding carboxylic acids is 2. The van der Waals surface area contributed by atoms with E-state index < -0.39 is 40.9 Å². The Labute approximate surface area is 222 Å². The van der Waals surface area contributed by atoms with E-state index in [2.05, 4.69) is 5.32 Å². The number of hydrogen-bond donors (Lipinski definition) is 1. The topological polar surface area (TPSA) is 80.6 Å². The van der Waals surface area contributed by atoms with Crippen molar-refractivity contribution in [1.29, 1.82) is 0 Å². The highest BCUT2D eigenvalue weighted by Crippen LogP contribution is 2.43. The van der Waals surface area contributed by atoms with Gasteiger partial charge in [0.25, 0.3) is 11.8 Å². The molecule has 10 heteroatoms. The number of halogens is 3. The second-order valence-corrected chi connectivity index (χ2v) is 10.4. The molecule has 1 saturated carbocycles. The Morgan fingerprint density at radius 2 is 1.69 bits per heavy atom. The maximum Gasteiger partial charge on any atom is 0.275 e. The third-order valence-electron chi connectivity index (χ3n) is 8.10. The zero-order valence-electron chi connectivity index (χ0n) is 21.0. The predicted octanol–water partition coefficient (Wildman–Crippen LogP) is 4.17. The summed E-state index contributed by atoms with van der Waals surface area (Å²) in [5.41, 5.74) is -0.763. The number of pyridine rings is 1. The lowest BCUT2D eigenvalue weighted by atomic mass is 9.73. The number of piperidine rings is 2. The van der Waals surface area contributed by atoms with Gasteiger partial charge in [-0.2, -0.15) is 0 Å². The van der Waals surface area contributed by atoms with E-state index in [1.54, 1.807) is 4.57 Å². The van der Waals surface area contributed by atoms with Crippen LogP contribution >= 0.6 is 0 Å². The van der Waals surface area contributed by atoms with Crippen LogP contribution in [0.1, 0.15) is 57.7 Å². The van der Waals surface area contributed by atoms with Gasteiger partial charge < -0.3 is 19.5 Å². The highest BCUT2D eigenvalue weighted by Gasteiger charge is 2.48. The van der Waals surface area contributed by atoms with E-state index in [1.165, 1.54) is 6.20 Å². The lowest BCUT2D eigenvalue weighted by molar-refractivity contribution is -0.0182. The highest BCUT2D eigenvalue weighted by molar-refractivity contribution is 5.99. The number of benzene rings is 2. The predicted molar refractivity (Wildman–Crippen MR) is 135 cm³/mol. The summed E-state index contributed by atoms with van der Waals surface area (Å²) in [5.74, 6) is -4.45. The Bertz CT molecular complexity index is 1490. The minimum absolute atomic E-state index is 0.00289. The van der Waals surface area contributed by atoms with Crippen LogP contribution in [0.2, 0.25) is 0 Å². The first-order valence-electron chi connectivity index (χ1n) is 13.0. The molecule has 7 rings (SSSR count). The van der Waals surface area contributed by atoms with Gasteiger partial charge in [-0.15, -0.1) is 0 Å². The summed E-state index contributed by atoms with van der Waals surface area (Å²) in [7, 11) is 0. The monoisotopic (exact) mass is 537 g/mol. The normalized spacial score (nSPS) is 21.4. The summed E-state index contributed by atoms with van der Waals surface area (Å²) in [6.07, 6.45) is 5.22. The lowest BCUT2D eigenvalue weighted by Crippen LogP contribution is -2.62. The van der Waals surface area contributed by atoms with Gasteiger partial charge in [-0.05, 0) is 37.2 Å². The van der Waals surface area contributed by atoms with Crippen LogP contribution in [0.4, 0.5) is 13.2 Å². The van der Waals surface area contributed by atoms with Crippen LogP contribution in [-0.4, -0.2) is 33.4 Å². The molecule has 1 aromatic heterocycles. The van der Waals surface area contributed by atoms with E-state index in [0.29, 0.717) is 24.6 Å². The van der Waals surface area contributed by atoms with E-state index in [4.69, 9.17) is 4.74 Å². The lowest BCUT2D eigenvalue weighted by Gasteiger charge is -2.54. The number of fused-ring (bicyclic) bond motifs is 3. The number of aromatic nitrogens is 1. The van der Waals surface area contributed by atoms with Crippen molar-refractivity contribution >= 4 is 11.8 Å². The molecule has 2 aromatic carbocycles. The molecule has 3 aromatic rings. The Kier molecular flexibility index (Phi) is 6.40. The molecule has 2 bridgehead atoms. The molecule has 39 heavy (non-hydrogen) atoms. The second kappa shape index (κ2) is 9.91. The van der Waals surface area contributed by atoms with Gasteiger partial charge in [-0.3, -0.25) is 14.4 Å². The largest absolute Gasteiger partial charge is 0.483 e. The molecule has 0 unspecified atom stereocenters. The highest BCUT2D eigenvalue weighted by atomic mass is 19.1. The van der Waals surface area contributed by atoms with Gasteiger partial charge in [0, 0.05) is 43.0 Å². The molecule has 1 aliphatic carbocycles. The molecule has 2 amide bonds. The summed E-state index contributed by atoms with van der Waals surface area (Å²) in [4.78, 5) is 42.4. The first kappa shape index (κ1) is 25.2. The van der Waals surface area contributed by atoms with Crippen molar-refractivity contribution in [1.82, 2.24) is 14.8 Å². The fraction of sp³-hybridized carbons (Fsp3) is 0.345. The Balaban J connectivity index is 1.37. The molecule has 7 nitrogen and oxygen atoms in total. The molecular formula is C29H26F3N3O4. The third kappa shape index (κ3) is 4.47. The first-order valence-corrected chi connectivity index (χ1v) is 13.0. The standard InChI is InChI=1S/C29H26F3N3O4/c30-18-10-22(31)20(23(32)11-18)12-33-28(37)21-13-34-14-24-17-6-8-19(9-7-17)35(24)29(38)25(34)27(26(21)36)39-15-16-4-2-1-3-5-16/h1-5,10-11,13,17,19,24H,6-9,12,14-15H2,(H,33,37)/t17?,19?,24-/m1/s1. The third-order valence-corrected chi connectivity index (χ3v) is 8.10. The average Bonchev–Trinajstić information content (AvgIpc) is 2.93. The van der Waals surface area contributed by atoms with E-state index in [1.807, 2.05) is 35.2 Å². The zero-order chi connectivity index (χ0) is 27.3. The minimum atomic E-state index is -1.15. The fourth-order valence-corrected chi connectivity index (χ4v) is 6.17. The summed E-state index contributed by atoms with van der Waals surface area (Å²) < 4.78 is 49.0. The molecule has 2 saturated heterocycles. The number of carbonyl (C=O) groups is 2. The van der Waals surface area contributed by atoms with Crippen molar-refractivity contribution in [3.63, 3.8) is 0 Å². The summed E-state index contributed by atoms with van der Waals surface area (Å²) >= 11 is 0. The molecular weight excluding hydrogens is 511 g/mol. The van der Waals surface area contributed by atoms with E-state index in [9.17, 15) is 27.6 Å². The van der Waals surface area contributed by atoms with Gasteiger partial charge in [0.2, 0.25) is 5.43 Å². The van der Waals surface area contributed by atoms with Crippen molar-refractivity contribution in [3.05, 3.63) is 98.7 Å². The van der Waals surface area contributed by atoms with Crippen LogP contribution in [0.15, 0.2) is 53.5 Å². The van der Waals surface area contributed by atoms with Gasteiger partial charge in [0.05, 0.1) is 6.04 Å². The quantitative estimate of drug-likeness (QED) is 0.512. The molecule has 0 spiro atoms. The van der Waals surface area contributed by atoms with Crippen LogP contribution in [0.5, 0.6) is 5.75 Å². The maximum absolute atomic E-state index is 14.1. The number of rotatable bonds is 6. The summed E-state index contributed by atoms with van der Waals surface area (Å²) in [5, 5.41) is 2.35. The van der Waals surface area contributed by atoms with E-state index in [0.717, 1.165) is 31.2 Å². The smallest absolute Gasteiger partial charge is 0.275 e. The van der Waals surface area contributed by atoms with Gasteiger partial charge in [0.15, 0.2) is 11.4 Å². The van der Waals surface area contributed by atoms with Gasteiger partial charge in [-0.1, -0.05) is 30.3 Å². The molecule has 3 fully saturated rings. The Hall–Kier alpha value is -4.08. The molecule has 4 heterocycles. The van der Waals surface area contributed by atoms with Crippen LogP contribution in [0, 0.1) is 23.4 Å². The molecule has 0 radical (unpaired) electrons. The van der Waals surface area contributed by atoms with Crippen molar-refractivity contribution in [2.75, 3.05) is 0 Å². The second-order valence-electron chi connectivity index (χ2n) is 10.4. The molecule has 4 aliphatic rings. The molecule has 1 N–H and O–H groups in total. The van der Waals surface area contributed by atoms with Gasteiger partial charge >= 0.3 is 0 Å². The van der Waals surface area contributed by atoms with Crippen LogP contribution < -0.4 is 15.5 Å². The minimum Gasteiger partial charge on any atom is -0.483 e. The number of ether oxygens (including phenoxy) is 1.